The fourth-order valence-electron chi connectivity index (χ4n) is 9.62. The molecule has 4 aliphatic heterocycles. The largest absolute Gasteiger partial charge is 0.496 e. The van der Waals surface area contributed by atoms with E-state index in [0.717, 1.165) is 72.4 Å². The third-order valence-electron chi connectivity index (χ3n) is 12.7. The van der Waals surface area contributed by atoms with Crippen LogP contribution in [0.5, 0.6) is 5.75 Å². The lowest BCUT2D eigenvalue weighted by Crippen LogP contribution is -2.52. The number of hydrogen-bond donors (Lipinski definition) is 4. The van der Waals surface area contributed by atoms with Crippen molar-refractivity contribution < 1.29 is 38.2 Å². The number of Topliss-reactive ketones (excluding diaryl/α,β-unsaturated/α-hetero) is 1. The quantitative estimate of drug-likeness (QED) is 0.144. The number of alkyl carbamates (subject to hydrolysis) is 1. The van der Waals surface area contributed by atoms with E-state index < -0.39 is 35.5 Å². The van der Waals surface area contributed by atoms with Gasteiger partial charge in [-0.2, -0.15) is 0 Å². The molecular weight excluding hydrogens is 781 g/mol. The van der Waals surface area contributed by atoms with Gasteiger partial charge in [0, 0.05) is 55.0 Å². The smallest absolute Gasteiger partial charge is 0.407 e. The highest BCUT2D eigenvalue weighted by atomic mass is 16.5. The van der Waals surface area contributed by atoms with Crippen LogP contribution in [0, 0.1) is 17.8 Å². The Morgan fingerprint density at radius 2 is 1.54 bits per heavy atom. The number of H-pyrrole nitrogens is 2. The van der Waals surface area contributed by atoms with Crippen molar-refractivity contribution in [2.45, 2.75) is 129 Å². The number of hydrogen-bond acceptors (Lipinski definition) is 10. The van der Waals surface area contributed by atoms with Crippen molar-refractivity contribution in [1.82, 2.24) is 40.4 Å². The highest BCUT2D eigenvalue weighted by Crippen LogP contribution is 2.52. The summed E-state index contributed by atoms with van der Waals surface area (Å²) in [5, 5.41) is 5.34. The van der Waals surface area contributed by atoms with E-state index in [2.05, 4.69) is 40.5 Å². The van der Waals surface area contributed by atoms with Gasteiger partial charge in [0.15, 0.2) is 0 Å². The molecule has 328 valence electrons. The van der Waals surface area contributed by atoms with Crippen LogP contribution in [0.4, 0.5) is 4.79 Å². The molecule has 0 aliphatic carbocycles. The number of imidazole rings is 2. The standard InChI is InChI=1S/C45H60N8O8/c1-9-16-45(7)36-30(23-60-35(36)20-28-21-46-39(48-28)32-12-10-17-52(32)43(57)38(25(4)5)51-44(58)59-8)29-15-14-27(19-34(29)61-45)31-22-47-40(49-31)33-13-11-18-53(33)42(56)37(24(2)3)50-41(55)26(6)54/h14-15,19,21-25,32-33,35-38H,9-13,16-18,20H2,1-8H3,(H,46,48)(H,47,49)(H,50,55)(H,51,58). The van der Waals surface area contributed by atoms with Crippen molar-refractivity contribution in [3.8, 4) is 17.0 Å². The van der Waals surface area contributed by atoms with E-state index in [1.807, 2.05) is 57.2 Å². The maximum atomic E-state index is 13.8. The van der Waals surface area contributed by atoms with Crippen molar-refractivity contribution in [1.29, 1.82) is 0 Å². The van der Waals surface area contributed by atoms with Gasteiger partial charge < -0.3 is 44.6 Å². The van der Waals surface area contributed by atoms with Crippen LogP contribution in [0.15, 0.2) is 36.9 Å². The number of fused-ring (bicyclic) bond motifs is 3. The summed E-state index contributed by atoms with van der Waals surface area (Å²) in [6, 6.07) is 4.08. The number of amides is 4. The van der Waals surface area contributed by atoms with Crippen LogP contribution >= 0.6 is 0 Å². The molecule has 7 unspecified atom stereocenters. The third-order valence-corrected chi connectivity index (χ3v) is 12.7. The molecule has 1 aromatic carbocycles. The number of carbonyl (C=O) groups excluding carboxylic acids is 5. The van der Waals surface area contributed by atoms with E-state index in [-0.39, 0.29) is 47.8 Å². The highest BCUT2D eigenvalue weighted by Gasteiger charge is 2.51. The number of likely N-dealkylation sites (tertiary alicyclic amines) is 2. The first kappa shape index (κ1) is 43.4. The van der Waals surface area contributed by atoms with Gasteiger partial charge in [0.05, 0.1) is 43.3 Å². The van der Waals surface area contributed by atoms with Crippen molar-refractivity contribution in [2.75, 3.05) is 20.2 Å². The normalized spacial score (nSPS) is 24.1. The number of ether oxygens (including phenoxy) is 3. The Kier molecular flexibility index (Phi) is 12.6. The zero-order valence-electron chi connectivity index (χ0n) is 36.5. The molecule has 0 bridgehead atoms. The molecule has 2 fully saturated rings. The van der Waals surface area contributed by atoms with Crippen LogP contribution in [0.1, 0.15) is 122 Å². The first-order chi connectivity index (χ1) is 29.1. The number of methoxy groups -OCH3 is 1. The average molecular weight is 841 g/mol. The third kappa shape index (κ3) is 8.63. The molecule has 7 rings (SSSR count). The first-order valence-corrected chi connectivity index (χ1v) is 21.7. The van der Waals surface area contributed by atoms with Crippen molar-refractivity contribution >= 4 is 35.2 Å². The summed E-state index contributed by atoms with van der Waals surface area (Å²) >= 11 is 0. The maximum absolute atomic E-state index is 13.8. The van der Waals surface area contributed by atoms with E-state index in [0.29, 0.717) is 31.2 Å². The summed E-state index contributed by atoms with van der Waals surface area (Å²) in [7, 11) is 1.29. The summed E-state index contributed by atoms with van der Waals surface area (Å²) in [5.74, 6) is -0.0371. The minimum atomic E-state index is -0.821. The molecule has 0 radical (unpaired) electrons. The fraction of sp³-hybridized carbons (Fsp3) is 0.578. The molecule has 16 heteroatoms. The lowest BCUT2D eigenvalue weighted by atomic mass is 9.72. The summed E-state index contributed by atoms with van der Waals surface area (Å²) in [6.07, 6.45) is 10.00. The van der Waals surface area contributed by atoms with Crippen molar-refractivity contribution in [3.63, 3.8) is 0 Å². The minimum absolute atomic E-state index is 0.0576. The van der Waals surface area contributed by atoms with Crippen LogP contribution in [0.25, 0.3) is 16.8 Å². The van der Waals surface area contributed by atoms with Crippen LogP contribution < -0.4 is 15.4 Å². The lowest BCUT2D eigenvalue weighted by Gasteiger charge is -2.43. The predicted octanol–water partition coefficient (Wildman–Crippen LogP) is 5.79. The minimum Gasteiger partial charge on any atom is -0.496 e. The zero-order valence-corrected chi connectivity index (χ0v) is 36.5. The van der Waals surface area contributed by atoms with Crippen molar-refractivity contribution in [3.05, 3.63) is 59.8 Å². The van der Waals surface area contributed by atoms with Gasteiger partial charge in [-0.1, -0.05) is 53.2 Å². The summed E-state index contributed by atoms with van der Waals surface area (Å²) in [4.78, 5) is 83.5. The number of rotatable bonds is 14. The Bertz CT molecular complexity index is 2180. The molecule has 4 N–H and O–H groups in total. The molecule has 61 heavy (non-hydrogen) atoms. The van der Waals surface area contributed by atoms with E-state index in [4.69, 9.17) is 24.2 Å². The Balaban J connectivity index is 1.07. The lowest BCUT2D eigenvalue weighted by molar-refractivity contribution is -0.142. The average Bonchev–Trinajstić information content (AvgIpc) is 4.08. The number of carbonyl (C=O) groups is 5. The number of nitrogens with zero attached hydrogens (tertiary/aromatic N) is 4. The van der Waals surface area contributed by atoms with Gasteiger partial charge in [-0.25, -0.2) is 14.8 Å². The van der Waals surface area contributed by atoms with Gasteiger partial charge in [0.1, 0.15) is 41.2 Å². The number of ketones is 1. The molecule has 4 aliphatic rings. The van der Waals surface area contributed by atoms with E-state index in [1.54, 1.807) is 11.1 Å². The van der Waals surface area contributed by atoms with Crippen LogP contribution in [-0.4, -0.2) is 103 Å². The molecule has 2 aromatic heterocycles. The van der Waals surface area contributed by atoms with Gasteiger partial charge in [-0.05, 0) is 56.9 Å². The Morgan fingerprint density at radius 3 is 2.15 bits per heavy atom. The number of nitrogens with one attached hydrogen (secondary N) is 4. The Labute approximate surface area is 357 Å². The summed E-state index contributed by atoms with van der Waals surface area (Å²) in [5.41, 5.74) is 4.06. The molecule has 6 heterocycles. The van der Waals surface area contributed by atoms with Gasteiger partial charge in [-0.3, -0.25) is 19.2 Å². The predicted molar refractivity (Wildman–Crippen MR) is 226 cm³/mol. The maximum Gasteiger partial charge on any atom is 0.407 e. The monoisotopic (exact) mass is 840 g/mol. The second-order valence-corrected chi connectivity index (χ2v) is 17.8. The first-order valence-electron chi connectivity index (χ1n) is 21.7. The van der Waals surface area contributed by atoms with E-state index in [9.17, 15) is 24.0 Å². The van der Waals surface area contributed by atoms with E-state index >= 15 is 0 Å². The van der Waals surface area contributed by atoms with Gasteiger partial charge in [-0.15, -0.1) is 0 Å². The molecular formula is C45H60N8O8. The van der Waals surface area contributed by atoms with Gasteiger partial charge in [0.25, 0.3) is 5.91 Å². The Hall–Kier alpha value is -5.67. The second-order valence-electron chi connectivity index (χ2n) is 17.8. The molecule has 2 saturated heterocycles. The molecule has 3 aromatic rings. The van der Waals surface area contributed by atoms with Crippen LogP contribution in [0.3, 0.4) is 0 Å². The van der Waals surface area contributed by atoms with E-state index in [1.165, 1.54) is 14.0 Å². The SMILES string of the molecule is CCCC1(C)Oc2cc(-c3cnc(C4CCCN4C(=O)C(NC(=O)C(C)=O)C(C)C)[nH]3)ccc2C2=COC(Cc3cnc(C4CCCN4C(=O)C(NC(=O)OC)C(C)C)[nH]3)C21. The molecule has 16 nitrogen and oxygen atoms in total. The highest BCUT2D eigenvalue weighted by molar-refractivity contribution is 6.35. The summed E-state index contributed by atoms with van der Waals surface area (Å²) in [6.45, 7) is 14.1. The fourth-order valence-corrected chi connectivity index (χ4v) is 9.62. The number of aromatic amines is 2. The van der Waals surface area contributed by atoms with Gasteiger partial charge >= 0.3 is 6.09 Å². The second kappa shape index (κ2) is 17.7. The topological polar surface area (TPSA) is 201 Å². The number of aromatic nitrogens is 4. The summed E-state index contributed by atoms with van der Waals surface area (Å²) < 4.78 is 18.2. The van der Waals surface area contributed by atoms with Crippen molar-refractivity contribution in [2.24, 2.45) is 17.8 Å². The van der Waals surface area contributed by atoms with Crippen LogP contribution in [0.2, 0.25) is 0 Å². The molecule has 7 atom stereocenters. The zero-order chi connectivity index (χ0) is 43.7. The molecule has 4 amide bonds. The molecule has 0 spiro atoms. The number of benzene rings is 1. The van der Waals surface area contributed by atoms with Crippen LogP contribution in [-0.2, 0) is 35.1 Å². The Morgan fingerprint density at radius 1 is 0.918 bits per heavy atom. The molecule has 0 saturated carbocycles. The van der Waals surface area contributed by atoms with Gasteiger partial charge in [0.2, 0.25) is 17.6 Å².